The van der Waals surface area contributed by atoms with Crippen LogP contribution in [0.15, 0.2) is 29.5 Å². The van der Waals surface area contributed by atoms with E-state index < -0.39 is 0 Å². The summed E-state index contributed by atoms with van der Waals surface area (Å²) in [5, 5.41) is 9.32. The number of aromatic nitrogens is 1. The summed E-state index contributed by atoms with van der Waals surface area (Å²) in [7, 11) is 0. The Labute approximate surface area is 139 Å². The average molecular weight is 319 g/mol. The van der Waals surface area contributed by atoms with Crippen molar-refractivity contribution in [2.24, 2.45) is 10.9 Å². The van der Waals surface area contributed by atoms with Crippen molar-refractivity contribution in [3.63, 3.8) is 0 Å². The highest BCUT2D eigenvalue weighted by atomic mass is 16.1. The van der Waals surface area contributed by atoms with Gasteiger partial charge in [-0.3, -0.25) is 14.8 Å². The van der Waals surface area contributed by atoms with Crippen molar-refractivity contribution < 1.29 is 4.79 Å². The Bertz CT molecular complexity index is 471. The van der Waals surface area contributed by atoms with Crippen LogP contribution in [0.4, 0.5) is 0 Å². The molecule has 0 radical (unpaired) electrons. The third kappa shape index (κ3) is 7.63. The molecule has 6 nitrogen and oxygen atoms in total. The van der Waals surface area contributed by atoms with E-state index in [9.17, 15) is 4.79 Å². The smallest absolute Gasteiger partial charge is 0.252 e. The molecule has 3 N–H and O–H groups in total. The van der Waals surface area contributed by atoms with Crippen LogP contribution in [0.3, 0.4) is 0 Å². The number of hydrogen-bond donors (Lipinski definition) is 3. The number of rotatable bonds is 9. The first-order chi connectivity index (χ1) is 11.2. The molecule has 0 aliphatic carbocycles. The van der Waals surface area contributed by atoms with Gasteiger partial charge in [0.1, 0.15) is 0 Å². The SMILES string of the molecule is CCNC(=NCC(CC)CC)NCCNC(=O)c1cccnc1. The molecule has 0 saturated heterocycles. The Morgan fingerprint density at radius 2 is 1.91 bits per heavy atom. The average Bonchev–Trinajstić information content (AvgIpc) is 2.59. The fraction of sp³-hybridized carbons (Fsp3) is 0.588. The Kier molecular flexibility index (Phi) is 9.43. The minimum absolute atomic E-state index is 0.112. The molecule has 0 spiro atoms. The van der Waals surface area contributed by atoms with Crippen LogP contribution in [0, 0.1) is 5.92 Å². The van der Waals surface area contributed by atoms with Crippen LogP contribution in [0.5, 0.6) is 0 Å². The van der Waals surface area contributed by atoms with Gasteiger partial charge in [0.15, 0.2) is 5.96 Å². The summed E-state index contributed by atoms with van der Waals surface area (Å²) in [6.45, 7) is 9.22. The van der Waals surface area contributed by atoms with Gasteiger partial charge in [-0.1, -0.05) is 26.7 Å². The van der Waals surface area contributed by atoms with Crippen molar-refractivity contribution in [1.29, 1.82) is 0 Å². The van der Waals surface area contributed by atoms with E-state index in [0.29, 0.717) is 24.6 Å². The van der Waals surface area contributed by atoms with Gasteiger partial charge in [0, 0.05) is 38.6 Å². The first kappa shape index (κ1) is 18.9. The lowest BCUT2D eigenvalue weighted by atomic mass is 10.0. The second-order valence-corrected chi connectivity index (χ2v) is 5.33. The number of nitrogens with one attached hydrogen (secondary N) is 3. The number of aliphatic imine (C=N–C) groups is 1. The molecule has 1 aromatic rings. The van der Waals surface area contributed by atoms with Gasteiger partial charge >= 0.3 is 0 Å². The van der Waals surface area contributed by atoms with Crippen molar-refractivity contribution in [2.45, 2.75) is 33.6 Å². The summed E-state index contributed by atoms with van der Waals surface area (Å²) >= 11 is 0. The minimum Gasteiger partial charge on any atom is -0.357 e. The molecule has 0 bridgehead atoms. The minimum atomic E-state index is -0.112. The van der Waals surface area contributed by atoms with E-state index in [-0.39, 0.29) is 5.91 Å². The Balaban J connectivity index is 2.35. The molecule has 0 atom stereocenters. The van der Waals surface area contributed by atoms with E-state index in [2.05, 4.69) is 39.8 Å². The molecule has 0 aromatic carbocycles. The molecule has 1 aromatic heterocycles. The van der Waals surface area contributed by atoms with Crippen LogP contribution < -0.4 is 16.0 Å². The summed E-state index contributed by atoms with van der Waals surface area (Å²) < 4.78 is 0. The Morgan fingerprint density at radius 1 is 1.17 bits per heavy atom. The number of pyridine rings is 1. The van der Waals surface area contributed by atoms with Crippen molar-refractivity contribution in [3.05, 3.63) is 30.1 Å². The molecule has 128 valence electrons. The number of nitrogens with zero attached hydrogens (tertiary/aromatic N) is 2. The van der Waals surface area contributed by atoms with Gasteiger partial charge in [0.2, 0.25) is 0 Å². The van der Waals surface area contributed by atoms with E-state index in [4.69, 9.17) is 0 Å². The molecule has 23 heavy (non-hydrogen) atoms. The maximum absolute atomic E-state index is 11.9. The van der Waals surface area contributed by atoms with Crippen LogP contribution in [0.2, 0.25) is 0 Å². The van der Waals surface area contributed by atoms with Gasteiger partial charge in [-0.2, -0.15) is 0 Å². The van der Waals surface area contributed by atoms with Crippen molar-refractivity contribution in [3.8, 4) is 0 Å². The van der Waals surface area contributed by atoms with Gasteiger partial charge in [-0.05, 0) is 25.0 Å². The fourth-order valence-electron chi connectivity index (χ4n) is 2.07. The number of amides is 1. The highest BCUT2D eigenvalue weighted by molar-refractivity contribution is 5.93. The van der Waals surface area contributed by atoms with Crippen molar-refractivity contribution in [2.75, 3.05) is 26.2 Å². The second-order valence-electron chi connectivity index (χ2n) is 5.33. The van der Waals surface area contributed by atoms with Crippen molar-refractivity contribution in [1.82, 2.24) is 20.9 Å². The van der Waals surface area contributed by atoms with E-state index in [1.807, 2.05) is 6.92 Å². The molecular weight excluding hydrogens is 290 g/mol. The molecule has 1 amide bonds. The second kappa shape index (κ2) is 11.5. The largest absolute Gasteiger partial charge is 0.357 e. The van der Waals surface area contributed by atoms with Gasteiger partial charge in [0.05, 0.1) is 5.56 Å². The van der Waals surface area contributed by atoms with E-state index in [1.54, 1.807) is 24.5 Å². The van der Waals surface area contributed by atoms with E-state index in [0.717, 1.165) is 31.9 Å². The molecule has 1 rings (SSSR count). The van der Waals surface area contributed by atoms with E-state index >= 15 is 0 Å². The summed E-state index contributed by atoms with van der Waals surface area (Å²) in [5.74, 6) is 1.31. The van der Waals surface area contributed by atoms with Gasteiger partial charge < -0.3 is 16.0 Å². The summed E-state index contributed by atoms with van der Waals surface area (Å²) in [6, 6.07) is 3.50. The standard InChI is InChI=1S/C17H29N5O/c1-4-14(5-2)12-22-17(19-6-3)21-11-10-20-16(23)15-8-7-9-18-13-15/h7-9,13-14H,4-6,10-12H2,1-3H3,(H,20,23)(H2,19,21,22). The lowest BCUT2D eigenvalue weighted by Gasteiger charge is -2.14. The monoisotopic (exact) mass is 319 g/mol. The molecule has 1 heterocycles. The zero-order chi connectivity index (χ0) is 16.9. The first-order valence-corrected chi connectivity index (χ1v) is 8.41. The zero-order valence-electron chi connectivity index (χ0n) is 14.4. The molecule has 0 fully saturated rings. The van der Waals surface area contributed by atoms with Crippen LogP contribution in [-0.4, -0.2) is 43.0 Å². The van der Waals surface area contributed by atoms with E-state index in [1.165, 1.54) is 0 Å². The number of hydrogen-bond acceptors (Lipinski definition) is 3. The Hall–Kier alpha value is -2.11. The Morgan fingerprint density at radius 3 is 2.52 bits per heavy atom. The highest BCUT2D eigenvalue weighted by Crippen LogP contribution is 2.06. The molecular formula is C17H29N5O. The molecule has 6 heteroatoms. The third-order valence-corrected chi connectivity index (χ3v) is 3.63. The highest BCUT2D eigenvalue weighted by Gasteiger charge is 2.05. The summed E-state index contributed by atoms with van der Waals surface area (Å²) in [5.41, 5.74) is 0.571. The molecule has 0 saturated carbocycles. The predicted molar refractivity (Wildman–Crippen MR) is 94.6 cm³/mol. The lowest BCUT2D eigenvalue weighted by Crippen LogP contribution is -2.41. The predicted octanol–water partition coefficient (Wildman–Crippen LogP) is 1.80. The van der Waals surface area contributed by atoms with Crippen LogP contribution >= 0.6 is 0 Å². The van der Waals surface area contributed by atoms with Gasteiger partial charge in [0.25, 0.3) is 5.91 Å². The van der Waals surface area contributed by atoms with Gasteiger partial charge in [-0.25, -0.2) is 0 Å². The first-order valence-electron chi connectivity index (χ1n) is 8.41. The number of carbonyl (C=O) groups excluding carboxylic acids is 1. The number of guanidine groups is 1. The quantitative estimate of drug-likeness (QED) is 0.368. The van der Waals surface area contributed by atoms with Gasteiger partial charge in [-0.15, -0.1) is 0 Å². The maximum Gasteiger partial charge on any atom is 0.252 e. The lowest BCUT2D eigenvalue weighted by molar-refractivity contribution is 0.0954. The van der Waals surface area contributed by atoms with Crippen LogP contribution in [0.1, 0.15) is 44.0 Å². The summed E-state index contributed by atoms with van der Waals surface area (Å²) in [4.78, 5) is 20.4. The zero-order valence-corrected chi connectivity index (χ0v) is 14.4. The fourth-order valence-corrected chi connectivity index (χ4v) is 2.07. The summed E-state index contributed by atoms with van der Waals surface area (Å²) in [6.07, 6.45) is 5.49. The van der Waals surface area contributed by atoms with Crippen LogP contribution in [-0.2, 0) is 0 Å². The number of carbonyl (C=O) groups is 1. The van der Waals surface area contributed by atoms with Crippen molar-refractivity contribution >= 4 is 11.9 Å². The normalized spacial score (nSPS) is 11.4. The molecule has 0 aliphatic rings. The maximum atomic E-state index is 11.9. The third-order valence-electron chi connectivity index (χ3n) is 3.63. The topological polar surface area (TPSA) is 78.4 Å². The molecule has 0 aliphatic heterocycles. The molecule has 0 unspecified atom stereocenters. The van der Waals surface area contributed by atoms with Crippen LogP contribution in [0.25, 0.3) is 0 Å².